The average molecular weight is 376 g/mol. The van der Waals surface area contributed by atoms with Gasteiger partial charge in [-0.05, 0) is 6.07 Å². The number of para-hydroxylation sites is 2. The molecule has 0 spiro atoms. The summed E-state index contributed by atoms with van der Waals surface area (Å²) in [4.78, 5) is 23.3. The first-order valence-corrected chi connectivity index (χ1v) is 7.93. The SMILES string of the molecule is O=C(COc1ccccc1[N+](=O)[O-])NCC(N1CCNCC1)C(F)(F)F. The van der Waals surface area contributed by atoms with Crippen LogP contribution in [0.1, 0.15) is 0 Å². The second kappa shape index (κ2) is 8.81. The highest BCUT2D eigenvalue weighted by Gasteiger charge is 2.43. The number of nitrogens with zero attached hydrogens (tertiary/aromatic N) is 2. The Bertz CT molecular complexity index is 636. The van der Waals surface area contributed by atoms with E-state index in [2.05, 4.69) is 10.6 Å². The number of nitrogens with one attached hydrogen (secondary N) is 2. The van der Waals surface area contributed by atoms with Crippen molar-refractivity contribution in [2.24, 2.45) is 0 Å². The molecule has 0 aromatic heterocycles. The fourth-order valence-corrected chi connectivity index (χ4v) is 2.58. The molecule has 1 aromatic carbocycles. The van der Waals surface area contributed by atoms with Crippen molar-refractivity contribution in [2.75, 3.05) is 39.3 Å². The monoisotopic (exact) mass is 376 g/mol. The van der Waals surface area contributed by atoms with Crippen molar-refractivity contribution >= 4 is 11.6 Å². The maximum absolute atomic E-state index is 13.2. The number of halogens is 3. The van der Waals surface area contributed by atoms with Gasteiger partial charge in [-0.15, -0.1) is 0 Å². The lowest BCUT2D eigenvalue weighted by Gasteiger charge is -2.35. The van der Waals surface area contributed by atoms with Crippen LogP contribution in [0.5, 0.6) is 5.75 Å². The Morgan fingerprint density at radius 1 is 1.35 bits per heavy atom. The first kappa shape index (κ1) is 19.9. The fourth-order valence-electron chi connectivity index (χ4n) is 2.58. The molecule has 26 heavy (non-hydrogen) atoms. The van der Waals surface area contributed by atoms with Crippen LogP contribution in [-0.4, -0.2) is 67.3 Å². The molecule has 2 N–H and O–H groups in total. The zero-order chi connectivity index (χ0) is 19.2. The van der Waals surface area contributed by atoms with E-state index in [9.17, 15) is 28.1 Å². The lowest BCUT2D eigenvalue weighted by Crippen LogP contribution is -2.57. The highest BCUT2D eigenvalue weighted by Crippen LogP contribution is 2.26. The molecule has 0 aliphatic carbocycles. The van der Waals surface area contributed by atoms with E-state index in [1.54, 1.807) is 0 Å². The second-order valence-electron chi connectivity index (χ2n) is 5.66. The number of hydrogen-bond donors (Lipinski definition) is 2. The van der Waals surface area contributed by atoms with E-state index < -0.39 is 36.2 Å². The standard InChI is InChI=1S/C15H19F3N4O4/c16-15(17,18)13(21-7-5-19-6-8-21)9-20-14(23)10-26-12-4-2-1-3-11(12)22(24)25/h1-4,13,19H,5-10H2,(H,20,23). The third-order valence-corrected chi connectivity index (χ3v) is 3.88. The fraction of sp³-hybridized carbons (Fsp3) is 0.533. The van der Waals surface area contributed by atoms with Gasteiger partial charge >= 0.3 is 11.9 Å². The van der Waals surface area contributed by atoms with Crippen LogP contribution in [0.2, 0.25) is 0 Å². The number of amides is 1. The number of rotatable bonds is 7. The highest BCUT2D eigenvalue weighted by atomic mass is 19.4. The van der Waals surface area contributed by atoms with Crippen molar-refractivity contribution in [1.82, 2.24) is 15.5 Å². The minimum Gasteiger partial charge on any atom is -0.477 e. The molecular formula is C15H19F3N4O4. The summed E-state index contributed by atoms with van der Waals surface area (Å²) in [6.45, 7) is 0.127. The number of benzene rings is 1. The number of piperazine rings is 1. The van der Waals surface area contributed by atoms with E-state index in [0.29, 0.717) is 13.1 Å². The predicted octanol–water partition coefficient (Wildman–Crippen LogP) is 0.926. The zero-order valence-electron chi connectivity index (χ0n) is 13.8. The Hall–Kier alpha value is -2.40. The zero-order valence-corrected chi connectivity index (χ0v) is 13.8. The molecule has 2 rings (SSSR count). The number of ether oxygens (including phenoxy) is 1. The maximum Gasteiger partial charge on any atom is 0.405 e. The summed E-state index contributed by atoms with van der Waals surface area (Å²) in [6.07, 6.45) is -4.48. The average Bonchev–Trinajstić information content (AvgIpc) is 2.60. The van der Waals surface area contributed by atoms with Crippen molar-refractivity contribution in [2.45, 2.75) is 12.2 Å². The summed E-state index contributed by atoms with van der Waals surface area (Å²) in [5.74, 6) is -0.908. The van der Waals surface area contributed by atoms with E-state index >= 15 is 0 Å². The minimum absolute atomic E-state index is 0.123. The molecule has 1 aliphatic heterocycles. The van der Waals surface area contributed by atoms with Crippen LogP contribution < -0.4 is 15.4 Å². The molecule has 1 saturated heterocycles. The molecule has 1 aliphatic rings. The van der Waals surface area contributed by atoms with Gasteiger partial charge < -0.3 is 15.4 Å². The van der Waals surface area contributed by atoms with Gasteiger partial charge in [0.1, 0.15) is 6.04 Å². The first-order valence-electron chi connectivity index (χ1n) is 7.93. The third-order valence-electron chi connectivity index (χ3n) is 3.88. The van der Waals surface area contributed by atoms with Gasteiger partial charge in [0.05, 0.1) is 4.92 Å². The van der Waals surface area contributed by atoms with Crippen LogP contribution in [0, 0.1) is 10.1 Å². The number of carbonyl (C=O) groups excluding carboxylic acids is 1. The Kier molecular flexibility index (Phi) is 6.75. The van der Waals surface area contributed by atoms with Crippen molar-refractivity contribution in [3.05, 3.63) is 34.4 Å². The third kappa shape index (κ3) is 5.56. The molecule has 144 valence electrons. The van der Waals surface area contributed by atoms with Crippen LogP contribution in [0.3, 0.4) is 0 Å². The van der Waals surface area contributed by atoms with Crippen LogP contribution in [0.25, 0.3) is 0 Å². The van der Waals surface area contributed by atoms with E-state index in [-0.39, 0.29) is 24.5 Å². The van der Waals surface area contributed by atoms with Gasteiger partial charge in [-0.2, -0.15) is 13.2 Å². The largest absolute Gasteiger partial charge is 0.477 e. The number of carbonyl (C=O) groups is 1. The Labute approximate surface area is 147 Å². The smallest absolute Gasteiger partial charge is 0.405 e. The maximum atomic E-state index is 13.2. The summed E-state index contributed by atoms with van der Waals surface area (Å²) in [7, 11) is 0. The van der Waals surface area contributed by atoms with Gasteiger partial charge in [0.2, 0.25) is 0 Å². The van der Waals surface area contributed by atoms with Crippen LogP contribution in [0.15, 0.2) is 24.3 Å². The Balaban J connectivity index is 1.89. The van der Waals surface area contributed by atoms with Gasteiger partial charge in [-0.1, -0.05) is 12.1 Å². The van der Waals surface area contributed by atoms with E-state index in [0.717, 1.165) is 0 Å². The van der Waals surface area contributed by atoms with Crippen LogP contribution in [0.4, 0.5) is 18.9 Å². The molecule has 0 radical (unpaired) electrons. The molecule has 0 saturated carbocycles. The summed E-state index contributed by atoms with van der Waals surface area (Å²) >= 11 is 0. The molecular weight excluding hydrogens is 357 g/mol. The number of alkyl halides is 3. The van der Waals surface area contributed by atoms with Gasteiger partial charge in [-0.25, -0.2) is 0 Å². The van der Waals surface area contributed by atoms with Crippen molar-refractivity contribution in [3.63, 3.8) is 0 Å². The predicted molar refractivity (Wildman–Crippen MR) is 85.9 cm³/mol. The van der Waals surface area contributed by atoms with E-state index in [1.165, 1.54) is 29.2 Å². The minimum atomic E-state index is -4.48. The van der Waals surface area contributed by atoms with Gasteiger partial charge in [-0.3, -0.25) is 19.8 Å². The van der Waals surface area contributed by atoms with Crippen molar-refractivity contribution < 1.29 is 27.6 Å². The molecule has 1 amide bonds. The molecule has 1 fully saturated rings. The molecule has 1 aromatic rings. The number of hydrogen-bond acceptors (Lipinski definition) is 6. The molecule has 8 nitrogen and oxygen atoms in total. The molecule has 1 atom stereocenters. The number of nitro benzene ring substituents is 1. The molecule has 0 bridgehead atoms. The lowest BCUT2D eigenvalue weighted by atomic mass is 10.2. The topological polar surface area (TPSA) is 96.7 Å². The first-order chi connectivity index (χ1) is 12.3. The van der Waals surface area contributed by atoms with Gasteiger partial charge in [0.25, 0.3) is 5.91 Å². The quantitative estimate of drug-likeness (QED) is 0.543. The molecule has 1 heterocycles. The van der Waals surface area contributed by atoms with E-state index in [1.807, 2.05) is 0 Å². The molecule has 1 unspecified atom stereocenters. The second-order valence-corrected chi connectivity index (χ2v) is 5.66. The van der Waals surface area contributed by atoms with Crippen molar-refractivity contribution in [1.29, 1.82) is 0 Å². The molecule has 11 heteroatoms. The van der Waals surface area contributed by atoms with Crippen molar-refractivity contribution in [3.8, 4) is 5.75 Å². The normalized spacial score (nSPS) is 16.7. The Morgan fingerprint density at radius 3 is 2.62 bits per heavy atom. The van der Waals surface area contributed by atoms with Crippen LogP contribution in [-0.2, 0) is 4.79 Å². The summed E-state index contributed by atoms with van der Waals surface area (Å²) in [5.41, 5.74) is -0.325. The number of nitro groups is 1. The van der Waals surface area contributed by atoms with E-state index in [4.69, 9.17) is 4.74 Å². The summed E-state index contributed by atoms with van der Waals surface area (Å²) < 4.78 is 44.7. The van der Waals surface area contributed by atoms with Crippen LogP contribution >= 0.6 is 0 Å². The summed E-state index contributed by atoms with van der Waals surface area (Å²) in [5, 5.41) is 16.0. The Morgan fingerprint density at radius 2 is 2.00 bits per heavy atom. The lowest BCUT2D eigenvalue weighted by molar-refractivity contribution is -0.385. The van der Waals surface area contributed by atoms with Gasteiger partial charge in [0, 0.05) is 38.8 Å². The highest BCUT2D eigenvalue weighted by molar-refractivity contribution is 5.77. The summed E-state index contributed by atoms with van der Waals surface area (Å²) in [6, 6.07) is 3.65. The van der Waals surface area contributed by atoms with Gasteiger partial charge in [0.15, 0.2) is 12.4 Å².